The molecule has 1 aliphatic heterocycles. The van der Waals surface area contributed by atoms with E-state index in [1.165, 1.54) is 0 Å². The molecule has 1 amide bonds. The van der Waals surface area contributed by atoms with Crippen LogP contribution in [0.3, 0.4) is 0 Å². The summed E-state index contributed by atoms with van der Waals surface area (Å²) in [5, 5.41) is 12.1. The van der Waals surface area contributed by atoms with Crippen LogP contribution in [0, 0.1) is 0 Å². The number of morpholine rings is 1. The lowest BCUT2D eigenvalue weighted by atomic mass is 10.2. The molecule has 1 aliphatic rings. The number of carbonyl (C=O) groups excluding carboxylic acids is 1. The fraction of sp³-hybridized carbons (Fsp3) is 0.533. The minimum atomic E-state index is -0.508. The van der Waals surface area contributed by atoms with Gasteiger partial charge in [0.1, 0.15) is 6.61 Å². The lowest BCUT2D eigenvalue weighted by molar-refractivity contribution is 0.0293. The van der Waals surface area contributed by atoms with Crippen molar-refractivity contribution in [2.75, 3.05) is 39.5 Å². The van der Waals surface area contributed by atoms with Gasteiger partial charge >= 0.3 is 6.09 Å². The van der Waals surface area contributed by atoms with Crippen molar-refractivity contribution in [3.63, 3.8) is 0 Å². The van der Waals surface area contributed by atoms with E-state index in [1.54, 1.807) is 0 Å². The Labute approximate surface area is 124 Å². The normalized spacial score (nSPS) is 17.2. The smallest absolute Gasteiger partial charge is 0.407 e. The van der Waals surface area contributed by atoms with Crippen molar-refractivity contribution in [1.29, 1.82) is 0 Å². The SMILES string of the molecule is O=C(NC(CO)CN1CCOCC1)OCc1ccccc1. The third-order valence-electron chi connectivity index (χ3n) is 3.34. The number of rotatable bonds is 6. The Morgan fingerprint density at radius 1 is 1.33 bits per heavy atom. The number of nitrogens with one attached hydrogen (secondary N) is 1. The van der Waals surface area contributed by atoms with E-state index in [0.29, 0.717) is 19.8 Å². The van der Waals surface area contributed by atoms with Crippen molar-refractivity contribution in [1.82, 2.24) is 10.2 Å². The molecular formula is C15H22N2O4. The van der Waals surface area contributed by atoms with E-state index < -0.39 is 6.09 Å². The average molecular weight is 294 g/mol. The second kappa shape index (κ2) is 8.61. The Hall–Kier alpha value is -1.63. The van der Waals surface area contributed by atoms with E-state index in [1.807, 2.05) is 30.3 Å². The van der Waals surface area contributed by atoms with Crippen molar-refractivity contribution in [2.45, 2.75) is 12.6 Å². The van der Waals surface area contributed by atoms with Gasteiger partial charge in [-0.15, -0.1) is 0 Å². The van der Waals surface area contributed by atoms with E-state index in [-0.39, 0.29) is 19.3 Å². The highest BCUT2D eigenvalue weighted by Gasteiger charge is 2.18. The van der Waals surface area contributed by atoms with Gasteiger partial charge in [0, 0.05) is 19.6 Å². The van der Waals surface area contributed by atoms with Crippen LogP contribution in [0.1, 0.15) is 5.56 Å². The zero-order valence-electron chi connectivity index (χ0n) is 12.0. The summed E-state index contributed by atoms with van der Waals surface area (Å²) in [7, 11) is 0. The number of amides is 1. The van der Waals surface area contributed by atoms with Crippen molar-refractivity contribution < 1.29 is 19.4 Å². The summed E-state index contributed by atoms with van der Waals surface area (Å²) in [5.74, 6) is 0. The van der Waals surface area contributed by atoms with Crippen LogP contribution in [0.25, 0.3) is 0 Å². The zero-order valence-corrected chi connectivity index (χ0v) is 12.0. The van der Waals surface area contributed by atoms with Crippen LogP contribution in [0.5, 0.6) is 0 Å². The highest BCUT2D eigenvalue weighted by molar-refractivity contribution is 5.67. The van der Waals surface area contributed by atoms with Crippen LogP contribution in [-0.2, 0) is 16.1 Å². The quantitative estimate of drug-likeness (QED) is 0.804. The number of nitrogens with zero attached hydrogens (tertiary/aromatic N) is 1. The third kappa shape index (κ3) is 5.71. The number of benzene rings is 1. The fourth-order valence-electron chi connectivity index (χ4n) is 2.18. The Balaban J connectivity index is 1.71. The number of aliphatic hydroxyl groups is 1. The van der Waals surface area contributed by atoms with Crippen molar-refractivity contribution in [3.05, 3.63) is 35.9 Å². The predicted octanol–water partition coefficient (Wildman–Crippen LogP) is 0.606. The summed E-state index contributed by atoms with van der Waals surface area (Å²) in [6.45, 7) is 3.72. The molecule has 2 rings (SSSR count). The summed E-state index contributed by atoms with van der Waals surface area (Å²) < 4.78 is 10.4. The first-order valence-corrected chi connectivity index (χ1v) is 7.16. The van der Waals surface area contributed by atoms with Gasteiger partial charge in [-0.3, -0.25) is 4.90 Å². The first-order chi connectivity index (χ1) is 10.3. The minimum Gasteiger partial charge on any atom is -0.445 e. The largest absolute Gasteiger partial charge is 0.445 e. The molecule has 0 saturated carbocycles. The highest BCUT2D eigenvalue weighted by atomic mass is 16.5. The Morgan fingerprint density at radius 3 is 2.71 bits per heavy atom. The second-order valence-electron chi connectivity index (χ2n) is 5.00. The molecule has 0 radical (unpaired) electrons. The Morgan fingerprint density at radius 2 is 2.05 bits per heavy atom. The third-order valence-corrected chi connectivity index (χ3v) is 3.34. The highest BCUT2D eigenvalue weighted by Crippen LogP contribution is 2.02. The minimum absolute atomic E-state index is 0.113. The summed E-state index contributed by atoms with van der Waals surface area (Å²) in [6, 6.07) is 9.16. The summed E-state index contributed by atoms with van der Waals surface area (Å²) >= 11 is 0. The maximum Gasteiger partial charge on any atom is 0.407 e. The average Bonchev–Trinajstić information content (AvgIpc) is 2.54. The van der Waals surface area contributed by atoms with Gasteiger partial charge in [-0.1, -0.05) is 30.3 Å². The van der Waals surface area contributed by atoms with E-state index in [9.17, 15) is 9.90 Å². The van der Waals surface area contributed by atoms with E-state index in [4.69, 9.17) is 9.47 Å². The van der Waals surface area contributed by atoms with E-state index in [0.717, 1.165) is 18.7 Å². The van der Waals surface area contributed by atoms with E-state index in [2.05, 4.69) is 10.2 Å². The molecule has 0 spiro atoms. The molecule has 6 heteroatoms. The molecule has 1 aromatic rings. The van der Waals surface area contributed by atoms with Gasteiger partial charge in [0.05, 0.1) is 25.9 Å². The van der Waals surface area contributed by atoms with Crippen LogP contribution < -0.4 is 5.32 Å². The zero-order chi connectivity index (χ0) is 14.9. The second-order valence-corrected chi connectivity index (χ2v) is 5.00. The molecule has 1 atom stereocenters. The molecule has 1 heterocycles. The topological polar surface area (TPSA) is 71.0 Å². The number of ether oxygens (including phenoxy) is 2. The van der Waals surface area contributed by atoms with Crippen molar-refractivity contribution in [2.24, 2.45) is 0 Å². The monoisotopic (exact) mass is 294 g/mol. The molecule has 1 aromatic carbocycles. The van der Waals surface area contributed by atoms with Crippen LogP contribution in [0.2, 0.25) is 0 Å². The van der Waals surface area contributed by atoms with Gasteiger partial charge in [0.2, 0.25) is 0 Å². The molecule has 0 aliphatic carbocycles. The predicted molar refractivity (Wildman–Crippen MR) is 77.9 cm³/mol. The van der Waals surface area contributed by atoms with Crippen molar-refractivity contribution >= 4 is 6.09 Å². The fourth-order valence-corrected chi connectivity index (χ4v) is 2.18. The lowest BCUT2D eigenvalue weighted by Gasteiger charge is -2.29. The van der Waals surface area contributed by atoms with Gasteiger partial charge in [-0.2, -0.15) is 0 Å². The Bertz CT molecular complexity index is 421. The van der Waals surface area contributed by atoms with Crippen molar-refractivity contribution in [3.8, 4) is 0 Å². The van der Waals surface area contributed by atoms with Crippen LogP contribution in [0.15, 0.2) is 30.3 Å². The maximum atomic E-state index is 11.7. The molecule has 21 heavy (non-hydrogen) atoms. The number of hydrogen-bond acceptors (Lipinski definition) is 5. The van der Waals surface area contributed by atoms with Crippen LogP contribution in [0.4, 0.5) is 4.79 Å². The molecule has 116 valence electrons. The van der Waals surface area contributed by atoms with Gasteiger partial charge in [0.15, 0.2) is 0 Å². The summed E-state index contributed by atoms with van der Waals surface area (Å²) in [6.07, 6.45) is -0.508. The molecule has 1 saturated heterocycles. The summed E-state index contributed by atoms with van der Waals surface area (Å²) in [5.41, 5.74) is 0.932. The lowest BCUT2D eigenvalue weighted by Crippen LogP contribution is -2.49. The summed E-state index contributed by atoms with van der Waals surface area (Å²) in [4.78, 5) is 13.9. The molecule has 0 bridgehead atoms. The number of alkyl carbamates (subject to hydrolysis) is 1. The molecule has 6 nitrogen and oxygen atoms in total. The first kappa shape index (κ1) is 15.8. The number of carbonyl (C=O) groups is 1. The maximum absolute atomic E-state index is 11.7. The molecule has 2 N–H and O–H groups in total. The molecular weight excluding hydrogens is 272 g/mol. The first-order valence-electron chi connectivity index (χ1n) is 7.16. The van der Waals surface area contributed by atoms with Crippen LogP contribution in [-0.4, -0.2) is 61.6 Å². The number of aliphatic hydroxyl groups excluding tert-OH is 1. The van der Waals surface area contributed by atoms with Gasteiger partial charge in [0.25, 0.3) is 0 Å². The molecule has 0 aromatic heterocycles. The van der Waals surface area contributed by atoms with Gasteiger partial charge < -0.3 is 19.9 Å². The van der Waals surface area contributed by atoms with E-state index >= 15 is 0 Å². The molecule has 1 fully saturated rings. The van der Waals surface area contributed by atoms with Gasteiger partial charge in [-0.25, -0.2) is 4.79 Å². The molecule has 1 unspecified atom stereocenters. The standard InChI is InChI=1S/C15H22N2O4/c18-11-14(10-17-6-8-20-9-7-17)16-15(19)21-12-13-4-2-1-3-5-13/h1-5,14,18H,6-12H2,(H,16,19). The van der Waals surface area contributed by atoms with Gasteiger partial charge in [-0.05, 0) is 5.56 Å². The number of hydrogen-bond donors (Lipinski definition) is 2. The van der Waals surface area contributed by atoms with Crippen LogP contribution >= 0.6 is 0 Å². The Kier molecular flexibility index (Phi) is 6.46.